The second-order valence-electron chi connectivity index (χ2n) is 5.11. The fraction of sp³-hybridized carbons (Fsp3) is 0.278. The molecule has 0 saturated heterocycles. The summed E-state index contributed by atoms with van der Waals surface area (Å²) in [5.74, 6) is 1.77. The van der Waals surface area contributed by atoms with Crippen LogP contribution in [0.4, 0.5) is 5.69 Å². The van der Waals surface area contributed by atoms with Gasteiger partial charge < -0.3 is 19.5 Å². The van der Waals surface area contributed by atoms with E-state index in [4.69, 9.17) is 14.2 Å². The van der Waals surface area contributed by atoms with Gasteiger partial charge in [-0.15, -0.1) is 0 Å². The molecule has 1 N–H and O–H groups in total. The number of carbonyl (C=O) groups is 1. The van der Waals surface area contributed by atoms with Crippen molar-refractivity contribution in [2.75, 3.05) is 26.6 Å². The summed E-state index contributed by atoms with van der Waals surface area (Å²) in [6.45, 7) is 1.98. The predicted molar refractivity (Wildman–Crippen MR) is 89.6 cm³/mol. The Morgan fingerprint density at radius 3 is 2.30 bits per heavy atom. The van der Waals surface area contributed by atoms with Crippen molar-refractivity contribution < 1.29 is 19.0 Å². The number of amides is 1. The van der Waals surface area contributed by atoms with Gasteiger partial charge in [0.05, 0.1) is 33.4 Å². The molecule has 0 unspecified atom stereocenters. The van der Waals surface area contributed by atoms with Crippen molar-refractivity contribution in [3.63, 3.8) is 0 Å². The minimum Gasteiger partial charge on any atom is -0.497 e. The van der Waals surface area contributed by atoms with Crippen molar-refractivity contribution in [1.29, 1.82) is 0 Å². The van der Waals surface area contributed by atoms with Crippen molar-refractivity contribution in [2.45, 2.75) is 13.3 Å². The SMILES string of the molecule is COc1ccc(OC)c(NC(=O)Cc2cc(C)ccc2OC)c1. The van der Waals surface area contributed by atoms with Gasteiger partial charge in [-0.05, 0) is 25.1 Å². The molecular weight excluding hydrogens is 294 g/mol. The average molecular weight is 315 g/mol. The number of benzene rings is 2. The van der Waals surface area contributed by atoms with E-state index in [1.165, 1.54) is 0 Å². The standard InChI is InChI=1S/C18H21NO4/c1-12-5-7-16(22-3)13(9-12)10-18(20)19-15-11-14(21-2)6-8-17(15)23-4/h5-9,11H,10H2,1-4H3,(H,19,20). The van der Waals surface area contributed by atoms with Gasteiger partial charge in [0.1, 0.15) is 17.2 Å². The van der Waals surface area contributed by atoms with Crippen LogP contribution in [0.2, 0.25) is 0 Å². The van der Waals surface area contributed by atoms with Crippen LogP contribution in [0.5, 0.6) is 17.2 Å². The second-order valence-corrected chi connectivity index (χ2v) is 5.11. The van der Waals surface area contributed by atoms with E-state index in [0.717, 1.165) is 11.1 Å². The van der Waals surface area contributed by atoms with E-state index in [2.05, 4.69) is 5.32 Å². The summed E-state index contributed by atoms with van der Waals surface area (Å²) >= 11 is 0. The molecule has 5 heteroatoms. The third-order valence-electron chi connectivity index (χ3n) is 3.47. The fourth-order valence-corrected chi connectivity index (χ4v) is 2.32. The molecule has 5 nitrogen and oxygen atoms in total. The molecule has 2 aromatic rings. The highest BCUT2D eigenvalue weighted by Gasteiger charge is 2.12. The quantitative estimate of drug-likeness (QED) is 0.889. The number of rotatable bonds is 6. The molecule has 0 bridgehead atoms. The van der Waals surface area contributed by atoms with E-state index < -0.39 is 0 Å². The second kappa shape index (κ2) is 7.54. The lowest BCUT2D eigenvalue weighted by molar-refractivity contribution is -0.115. The highest BCUT2D eigenvalue weighted by molar-refractivity contribution is 5.94. The van der Waals surface area contributed by atoms with Gasteiger partial charge in [0.25, 0.3) is 0 Å². The minimum atomic E-state index is -0.152. The number of aryl methyl sites for hydroxylation is 1. The third kappa shape index (κ3) is 4.16. The Hall–Kier alpha value is -2.69. The first-order valence-electron chi connectivity index (χ1n) is 7.22. The normalized spacial score (nSPS) is 10.1. The Morgan fingerprint density at radius 2 is 1.65 bits per heavy atom. The lowest BCUT2D eigenvalue weighted by atomic mass is 10.1. The number of hydrogen-bond acceptors (Lipinski definition) is 4. The topological polar surface area (TPSA) is 56.8 Å². The van der Waals surface area contributed by atoms with Crippen LogP contribution in [0.25, 0.3) is 0 Å². The van der Waals surface area contributed by atoms with Crippen LogP contribution in [-0.4, -0.2) is 27.2 Å². The van der Waals surface area contributed by atoms with Crippen LogP contribution in [0, 0.1) is 6.92 Å². The molecular formula is C18H21NO4. The molecule has 0 aromatic heterocycles. The van der Waals surface area contributed by atoms with Crippen LogP contribution in [0.1, 0.15) is 11.1 Å². The van der Waals surface area contributed by atoms with E-state index in [1.807, 2.05) is 25.1 Å². The lowest BCUT2D eigenvalue weighted by Gasteiger charge is -2.13. The van der Waals surface area contributed by atoms with Crippen molar-refractivity contribution in [3.05, 3.63) is 47.5 Å². The molecule has 0 saturated carbocycles. The van der Waals surface area contributed by atoms with E-state index >= 15 is 0 Å². The number of hydrogen-bond donors (Lipinski definition) is 1. The van der Waals surface area contributed by atoms with Crippen LogP contribution in [0.15, 0.2) is 36.4 Å². The summed E-state index contributed by atoms with van der Waals surface area (Å²) in [7, 11) is 4.73. The molecule has 0 aliphatic heterocycles. The maximum absolute atomic E-state index is 12.4. The van der Waals surface area contributed by atoms with Gasteiger partial charge in [-0.25, -0.2) is 0 Å². The first-order valence-corrected chi connectivity index (χ1v) is 7.22. The highest BCUT2D eigenvalue weighted by Crippen LogP contribution is 2.29. The molecule has 0 heterocycles. The van der Waals surface area contributed by atoms with Crippen LogP contribution >= 0.6 is 0 Å². The number of methoxy groups -OCH3 is 3. The molecule has 122 valence electrons. The largest absolute Gasteiger partial charge is 0.497 e. The Balaban J connectivity index is 2.18. The molecule has 0 aliphatic carbocycles. The summed E-state index contributed by atoms with van der Waals surface area (Å²) in [6, 6.07) is 11.0. The highest BCUT2D eigenvalue weighted by atomic mass is 16.5. The van der Waals surface area contributed by atoms with Gasteiger partial charge in [-0.2, -0.15) is 0 Å². The molecule has 0 aliphatic rings. The van der Waals surface area contributed by atoms with Crippen molar-refractivity contribution >= 4 is 11.6 Å². The van der Waals surface area contributed by atoms with E-state index in [9.17, 15) is 4.79 Å². The summed E-state index contributed by atoms with van der Waals surface area (Å²) in [5.41, 5.74) is 2.49. The van der Waals surface area contributed by atoms with E-state index in [0.29, 0.717) is 22.9 Å². The Labute approximate surface area is 136 Å². The predicted octanol–water partition coefficient (Wildman–Crippen LogP) is 3.20. The first-order chi connectivity index (χ1) is 11.1. The Morgan fingerprint density at radius 1 is 0.957 bits per heavy atom. The summed E-state index contributed by atoms with van der Waals surface area (Å²) < 4.78 is 15.8. The van der Waals surface area contributed by atoms with Gasteiger partial charge in [-0.1, -0.05) is 17.7 Å². The first kappa shape index (κ1) is 16.7. The molecule has 2 rings (SSSR count). The number of carbonyl (C=O) groups excluding carboxylic acids is 1. The van der Waals surface area contributed by atoms with Crippen molar-refractivity contribution in [1.82, 2.24) is 0 Å². The van der Waals surface area contributed by atoms with Crippen molar-refractivity contribution in [2.24, 2.45) is 0 Å². The zero-order chi connectivity index (χ0) is 16.8. The molecule has 2 aromatic carbocycles. The van der Waals surface area contributed by atoms with E-state index in [-0.39, 0.29) is 12.3 Å². The third-order valence-corrected chi connectivity index (χ3v) is 3.47. The minimum absolute atomic E-state index is 0.152. The number of ether oxygens (including phenoxy) is 3. The van der Waals surface area contributed by atoms with E-state index in [1.54, 1.807) is 39.5 Å². The van der Waals surface area contributed by atoms with Gasteiger partial charge in [0.15, 0.2) is 0 Å². The van der Waals surface area contributed by atoms with Gasteiger partial charge in [0, 0.05) is 11.6 Å². The number of anilines is 1. The van der Waals surface area contributed by atoms with Crippen LogP contribution in [0.3, 0.4) is 0 Å². The molecule has 0 fully saturated rings. The van der Waals surface area contributed by atoms with Crippen molar-refractivity contribution in [3.8, 4) is 17.2 Å². The summed E-state index contributed by atoms with van der Waals surface area (Å²) in [5, 5.41) is 2.86. The fourth-order valence-electron chi connectivity index (χ4n) is 2.32. The molecule has 0 atom stereocenters. The summed E-state index contributed by atoms with van der Waals surface area (Å²) in [4.78, 5) is 12.4. The Bertz CT molecular complexity index is 697. The Kier molecular flexibility index (Phi) is 5.46. The van der Waals surface area contributed by atoms with Gasteiger partial charge in [-0.3, -0.25) is 4.79 Å². The van der Waals surface area contributed by atoms with Crippen LogP contribution in [-0.2, 0) is 11.2 Å². The molecule has 0 radical (unpaired) electrons. The number of nitrogens with one attached hydrogen (secondary N) is 1. The summed E-state index contributed by atoms with van der Waals surface area (Å²) in [6.07, 6.45) is 0.214. The maximum atomic E-state index is 12.4. The van der Waals surface area contributed by atoms with Gasteiger partial charge >= 0.3 is 0 Å². The maximum Gasteiger partial charge on any atom is 0.229 e. The lowest BCUT2D eigenvalue weighted by Crippen LogP contribution is -2.15. The molecule has 23 heavy (non-hydrogen) atoms. The smallest absolute Gasteiger partial charge is 0.229 e. The van der Waals surface area contributed by atoms with Crippen LogP contribution < -0.4 is 19.5 Å². The molecule has 1 amide bonds. The van der Waals surface area contributed by atoms with Gasteiger partial charge in [0.2, 0.25) is 5.91 Å². The zero-order valence-electron chi connectivity index (χ0n) is 13.8. The average Bonchev–Trinajstić information content (AvgIpc) is 2.55. The molecule has 0 spiro atoms. The zero-order valence-corrected chi connectivity index (χ0v) is 13.8. The monoisotopic (exact) mass is 315 g/mol.